The summed E-state index contributed by atoms with van der Waals surface area (Å²) in [6.07, 6.45) is 0.754. The van der Waals surface area contributed by atoms with Gasteiger partial charge in [0.15, 0.2) is 0 Å². The Hall–Kier alpha value is -2.66. The minimum Gasteiger partial charge on any atom is -0.339 e. The number of nitrogens with zero attached hydrogens (tertiary/aromatic N) is 2. The Morgan fingerprint density at radius 3 is 2.26 bits per heavy atom. The van der Waals surface area contributed by atoms with Crippen molar-refractivity contribution in [3.63, 3.8) is 0 Å². The molecule has 1 aliphatic rings. The molecule has 0 radical (unpaired) electrons. The van der Waals surface area contributed by atoms with Crippen LogP contribution in [0.5, 0.6) is 0 Å². The van der Waals surface area contributed by atoms with Crippen molar-refractivity contribution in [2.45, 2.75) is 26.3 Å². The van der Waals surface area contributed by atoms with Crippen molar-refractivity contribution in [3.8, 4) is 0 Å². The zero-order valence-corrected chi connectivity index (χ0v) is 16.0. The van der Waals surface area contributed by atoms with Crippen LogP contribution in [0.3, 0.4) is 0 Å². The summed E-state index contributed by atoms with van der Waals surface area (Å²) < 4.78 is 0. The third-order valence-electron chi connectivity index (χ3n) is 5.06. The van der Waals surface area contributed by atoms with Crippen LogP contribution in [-0.4, -0.2) is 47.8 Å². The Balaban J connectivity index is 1.64. The predicted molar refractivity (Wildman–Crippen MR) is 106 cm³/mol. The molecule has 27 heavy (non-hydrogen) atoms. The van der Waals surface area contributed by atoms with Gasteiger partial charge < -0.3 is 15.5 Å². The fourth-order valence-corrected chi connectivity index (χ4v) is 3.41. The SMILES string of the molecule is Cc1ccc(C(N)C(=O)N2CCCN(C(=O)c3cccc(C)c3)CC2)cc1. The van der Waals surface area contributed by atoms with Crippen molar-refractivity contribution >= 4 is 11.8 Å². The van der Waals surface area contributed by atoms with E-state index in [0.717, 1.165) is 23.1 Å². The zero-order valence-electron chi connectivity index (χ0n) is 16.0. The van der Waals surface area contributed by atoms with E-state index < -0.39 is 6.04 Å². The lowest BCUT2D eigenvalue weighted by molar-refractivity contribution is -0.132. The molecule has 0 aliphatic carbocycles. The van der Waals surface area contributed by atoms with E-state index in [4.69, 9.17) is 5.73 Å². The number of benzene rings is 2. The Morgan fingerprint density at radius 2 is 1.56 bits per heavy atom. The molecule has 0 spiro atoms. The van der Waals surface area contributed by atoms with Crippen LogP contribution in [0.4, 0.5) is 0 Å². The topological polar surface area (TPSA) is 66.6 Å². The summed E-state index contributed by atoms with van der Waals surface area (Å²) in [5.41, 5.74) is 9.93. The Bertz CT molecular complexity index is 817. The second-order valence-corrected chi connectivity index (χ2v) is 7.23. The fraction of sp³-hybridized carbons (Fsp3) is 0.364. The summed E-state index contributed by atoms with van der Waals surface area (Å²) in [6.45, 7) is 6.29. The molecule has 1 aliphatic heterocycles. The van der Waals surface area contributed by atoms with Crippen LogP contribution < -0.4 is 5.73 Å². The summed E-state index contributed by atoms with van der Waals surface area (Å²) in [5, 5.41) is 0. The molecule has 3 rings (SSSR count). The second-order valence-electron chi connectivity index (χ2n) is 7.23. The van der Waals surface area contributed by atoms with E-state index >= 15 is 0 Å². The molecular formula is C22H27N3O2. The third-order valence-corrected chi connectivity index (χ3v) is 5.06. The molecule has 1 fully saturated rings. The van der Waals surface area contributed by atoms with Crippen LogP contribution in [0, 0.1) is 13.8 Å². The Labute approximate surface area is 160 Å². The molecule has 2 aromatic rings. The van der Waals surface area contributed by atoms with Gasteiger partial charge in [-0.1, -0.05) is 47.5 Å². The van der Waals surface area contributed by atoms with Crippen molar-refractivity contribution in [3.05, 3.63) is 70.8 Å². The molecule has 1 saturated heterocycles. The van der Waals surface area contributed by atoms with E-state index in [0.29, 0.717) is 31.7 Å². The number of carbonyl (C=O) groups excluding carboxylic acids is 2. The first-order valence-electron chi connectivity index (χ1n) is 9.42. The van der Waals surface area contributed by atoms with E-state index in [-0.39, 0.29) is 11.8 Å². The normalized spacial score (nSPS) is 16.0. The van der Waals surface area contributed by atoms with Crippen LogP contribution in [0.25, 0.3) is 0 Å². The number of amides is 2. The van der Waals surface area contributed by atoms with E-state index in [1.807, 2.05) is 67.3 Å². The first-order chi connectivity index (χ1) is 13.0. The summed E-state index contributed by atoms with van der Waals surface area (Å²) >= 11 is 0. The summed E-state index contributed by atoms with van der Waals surface area (Å²) in [6, 6.07) is 14.7. The van der Waals surface area contributed by atoms with Crippen molar-refractivity contribution in [2.75, 3.05) is 26.2 Å². The van der Waals surface area contributed by atoms with Gasteiger partial charge in [0.2, 0.25) is 5.91 Å². The Kier molecular flexibility index (Phi) is 5.91. The lowest BCUT2D eigenvalue weighted by Crippen LogP contribution is -2.41. The van der Waals surface area contributed by atoms with Gasteiger partial charge in [0.25, 0.3) is 5.91 Å². The highest BCUT2D eigenvalue weighted by atomic mass is 16.2. The Morgan fingerprint density at radius 1 is 0.889 bits per heavy atom. The maximum Gasteiger partial charge on any atom is 0.253 e. The van der Waals surface area contributed by atoms with Crippen LogP contribution in [0.2, 0.25) is 0 Å². The number of carbonyl (C=O) groups is 2. The third kappa shape index (κ3) is 4.55. The van der Waals surface area contributed by atoms with Gasteiger partial charge >= 0.3 is 0 Å². The van der Waals surface area contributed by atoms with Gasteiger partial charge in [0.05, 0.1) is 0 Å². The van der Waals surface area contributed by atoms with Crippen molar-refractivity contribution < 1.29 is 9.59 Å². The van der Waals surface area contributed by atoms with Gasteiger partial charge in [-0.3, -0.25) is 9.59 Å². The standard InChI is InChI=1S/C22H27N3O2/c1-16-7-9-18(10-8-16)20(23)22(27)25-12-4-11-24(13-14-25)21(26)19-6-3-5-17(2)15-19/h3,5-10,15,20H,4,11-14,23H2,1-2H3. The molecule has 2 aromatic carbocycles. The summed E-state index contributed by atoms with van der Waals surface area (Å²) in [4.78, 5) is 29.2. The summed E-state index contributed by atoms with van der Waals surface area (Å²) in [7, 11) is 0. The van der Waals surface area contributed by atoms with Crippen LogP contribution in [0.1, 0.15) is 39.5 Å². The molecule has 0 saturated carbocycles. The van der Waals surface area contributed by atoms with Gasteiger partial charge in [0, 0.05) is 31.7 Å². The molecule has 1 unspecified atom stereocenters. The quantitative estimate of drug-likeness (QED) is 0.909. The molecule has 2 amide bonds. The highest BCUT2D eigenvalue weighted by Crippen LogP contribution is 2.17. The zero-order chi connectivity index (χ0) is 19.4. The molecule has 0 bridgehead atoms. The van der Waals surface area contributed by atoms with Crippen LogP contribution in [0.15, 0.2) is 48.5 Å². The van der Waals surface area contributed by atoms with Gasteiger partial charge in [0.1, 0.15) is 6.04 Å². The van der Waals surface area contributed by atoms with E-state index in [2.05, 4.69) is 0 Å². The molecule has 5 nitrogen and oxygen atoms in total. The average molecular weight is 365 g/mol. The fourth-order valence-electron chi connectivity index (χ4n) is 3.41. The lowest BCUT2D eigenvalue weighted by atomic mass is 10.0. The van der Waals surface area contributed by atoms with Gasteiger partial charge in [-0.2, -0.15) is 0 Å². The monoisotopic (exact) mass is 365 g/mol. The first kappa shape index (κ1) is 19.1. The number of hydrogen-bond donors (Lipinski definition) is 1. The molecule has 5 heteroatoms. The number of nitrogens with two attached hydrogens (primary N) is 1. The smallest absolute Gasteiger partial charge is 0.253 e. The first-order valence-corrected chi connectivity index (χ1v) is 9.42. The molecule has 2 N–H and O–H groups in total. The van der Waals surface area contributed by atoms with E-state index in [1.165, 1.54) is 0 Å². The van der Waals surface area contributed by atoms with Crippen LogP contribution in [-0.2, 0) is 4.79 Å². The van der Waals surface area contributed by atoms with Gasteiger partial charge in [-0.15, -0.1) is 0 Å². The van der Waals surface area contributed by atoms with Crippen LogP contribution >= 0.6 is 0 Å². The molecule has 1 heterocycles. The van der Waals surface area contributed by atoms with Crippen molar-refractivity contribution in [2.24, 2.45) is 5.73 Å². The number of aryl methyl sites for hydroxylation is 2. The average Bonchev–Trinajstić information content (AvgIpc) is 2.93. The minimum atomic E-state index is -0.662. The predicted octanol–water partition coefficient (Wildman–Crippen LogP) is 2.68. The van der Waals surface area contributed by atoms with Crippen molar-refractivity contribution in [1.82, 2.24) is 9.80 Å². The van der Waals surface area contributed by atoms with Gasteiger partial charge in [-0.05, 0) is 38.0 Å². The minimum absolute atomic E-state index is 0.0239. The number of rotatable bonds is 3. The molecular weight excluding hydrogens is 338 g/mol. The summed E-state index contributed by atoms with van der Waals surface area (Å²) in [5.74, 6) is -0.0560. The second kappa shape index (κ2) is 8.35. The maximum absolute atomic E-state index is 12.8. The van der Waals surface area contributed by atoms with Crippen molar-refractivity contribution in [1.29, 1.82) is 0 Å². The number of hydrogen-bond acceptors (Lipinski definition) is 3. The van der Waals surface area contributed by atoms with E-state index in [9.17, 15) is 9.59 Å². The molecule has 142 valence electrons. The largest absolute Gasteiger partial charge is 0.339 e. The maximum atomic E-state index is 12.8. The molecule has 1 atom stereocenters. The highest BCUT2D eigenvalue weighted by Gasteiger charge is 2.26. The van der Waals surface area contributed by atoms with E-state index in [1.54, 1.807) is 4.90 Å². The van der Waals surface area contributed by atoms with Gasteiger partial charge in [-0.25, -0.2) is 0 Å². The lowest BCUT2D eigenvalue weighted by Gasteiger charge is -2.25. The molecule has 0 aromatic heterocycles. The highest BCUT2D eigenvalue weighted by molar-refractivity contribution is 5.94.